The van der Waals surface area contributed by atoms with Gasteiger partial charge in [0.15, 0.2) is 0 Å². The van der Waals surface area contributed by atoms with Crippen LogP contribution in [0.25, 0.3) is 0 Å². The van der Waals surface area contributed by atoms with Crippen LogP contribution < -0.4 is 5.32 Å². The molecule has 86 valence electrons. The predicted octanol–water partition coefficient (Wildman–Crippen LogP) is 2.03. The van der Waals surface area contributed by atoms with Crippen LogP contribution in [0, 0.1) is 0 Å². The molecule has 0 bridgehead atoms. The van der Waals surface area contributed by atoms with Gasteiger partial charge in [-0.15, -0.1) is 0 Å². The Morgan fingerprint density at radius 1 is 1.53 bits per heavy atom. The van der Waals surface area contributed by atoms with Crippen molar-refractivity contribution < 1.29 is 9.53 Å². The molecule has 0 unspecified atom stereocenters. The molecule has 0 heterocycles. The molecule has 1 saturated carbocycles. The number of hydrogen-bond acceptors (Lipinski definition) is 3. The smallest absolute Gasteiger partial charge is 0.333 e. The van der Waals surface area contributed by atoms with Gasteiger partial charge in [-0.25, -0.2) is 4.79 Å². The molecule has 3 nitrogen and oxygen atoms in total. The molecular weight excluding hydrogens is 190 g/mol. The van der Waals surface area contributed by atoms with Crippen LogP contribution in [0.4, 0.5) is 0 Å². The standard InChI is InChI=1S/C12H21NO2/c1-4-10(11(14)15-3)6-9-13-12(2)7-5-8-12/h6,13H,4-5,7-9H2,1-3H3. The molecule has 0 radical (unpaired) electrons. The fourth-order valence-corrected chi connectivity index (χ4v) is 1.81. The summed E-state index contributed by atoms with van der Waals surface area (Å²) in [6.45, 7) is 4.96. The SMILES string of the molecule is CCC(=CCNC1(C)CCC1)C(=O)OC. The zero-order chi connectivity index (χ0) is 11.3. The Morgan fingerprint density at radius 3 is 2.60 bits per heavy atom. The first-order valence-corrected chi connectivity index (χ1v) is 5.63. The van der Waals surface area contributed by atoms with Gasteiger partial charge in [0, 0.05) is 17.7 Å². The highest BCUT2D eigenvalue weighted by Gasteiger charge is 2.30. The van der Waals surface area contributed by atoms with Crippen molar-refractivity contribution >= 4 is 5.97 Å². The van der Waals surface area contributed by atoms with Crippen LogP contribution in [0.1, 0.15) is 39.5 Å². The maximum absolute atomic E-state index is 11.3. The van der Waals surface area contributed by atoms with Crippen LogP contribution in [0.5, 0.6) is 0 Å². The average molecular weight is 211 g/mol. The van der Waals surface area contributed by atoms with E-state index in [9.17, 15) is 4.79 Å². The van der Waals surface area contributed by atoms with E-state index in [0.29, 0.717) is 5.54 Å². The Bertz CT molecular complexity index is 254. The minimum absolute atomic E-state index is 0.210. The molecule has 0 saturated heterocycles. The van der Waals surface area contributed by atoms with Gasteiger partial charge in [0.05, 0.1) is 7.11 Å². The molecule has 3 heteroatoms. The fourth-order valence-electron chi connectivity index (χ4n) is 1.81. The third-order valence-corrected chi connectivity index (χ3v) is 3.16. The number of ether oxygens (including phenoxy) is 1. The van der Waals surface area contributed by atoms with Gasteiger partial charge in [0.2, 0.25) is 0 Å². The molecule has 0 aromatic carbocycles. The quantitative estimate of drug-likeness (QED) is 0.558. The van der Waals surface area contributed by atoms with Crippen molar-refractivity contribution in [3.05, 3.63) is 11.6 Å². The number of esters is 1. The van der Waals surface area contributed by atoms with E-state index in [2.05, 4.69) is 12.2 Å². The summed E-state index contributed by atoms with van der Waals surface area (Å²) in [5.41, 5.74) is 1.05. The van der Waals surface area contributed by atoms with Gasteiger partial charge in [-0.1, -0.05) is 13.0 Å². The van der Waals surface area contributed by atoms with E-state index in [1.54, 1.807) is 0 Å². The summed E-state index contributed by atoms with van der Waals surface area (Å²) >= 11 is 0. The summed E-state index contributed by atoms with van der Waals surface area (Å²) in [6.07, 6.45) is 6.45. The Hall–Kier alpha value is -0.830. The second kappa shape index (κ2) is 5.31. The van der Waals surface area contributed by atoms with Crippen LogP contribution >= 0.6 is 0 Å². The molecule has 1 aliphatic rings. The minimum Gasteiger partial charge on any atom is -0.466 e. The summed E-state index contributed by atoms with van der Waals surface area (Å²) in [5.74, 6) is -0.210. The predicted molar refractivity (Wildman–Crippen MR) is 60.6 cm³/mol. The lowest BCUT2D eigenvalue weighted by atomic mass is 9.78. The first kappa shape index (κ1) is 12.2. The lowest BCUT2D eigenvalue weighted by Gasteiger charge is -2.39. The Labute approximate surface area is 91.9 Å². The highest BCUT2D eigenvalue weighted by atomic mass is 16.5. The molecule has 15 heavy (non-hydrogen) atoms. The van der Waals surface area contributed by atoms with Crippen LogP contribution in [-0.2, 0) is 9.53 Å². The lowest BCUT2D eigenvalue weighted by Crippen LogP contribution is -2.48. The second-order valence-electron chi connectivity index (χ2n) is 4.37. The molecule has 1 N–H and O–H groups in total. The normalized spacial score (nSPS) is 19.5. The summed E-state index contributed by atoms with van der Waals surface area (Å²) in [6, 6.07) is 0. The van der Waals surface area contributed by atoms with E-state index in [-0.39, 0.29) is 5.97 Å². The van der Waals surface area contributed by atoms with Crippen molar-refractivity contribution in [3.63, 3.8) is 0 Å². The molecule has 0 atom stereocenters. The zero-order valence-electron chi connectivity index (χ0n) is 9.93. The first-order chi connectivity index (χ1) is 7.11. The molecule has 0 spiro atoms. The Morgan fingerprint density at radius 2 is 2.20 bits per heavy atom. The van der Waals surface area contributed by atoms with Crippen LogP contribution in [0.2, 0.25) is 0 Å². The van der Waals surface area contributed by atoms with Gasteiger partial charge in [0.1, 0.15) is 0 Å². The lowest BCUT2D eigenvalue weighted by molar-refractivity contribution is -0.136. The van der Waals surface area contributed by atoms with Gasteiger partial charge < -0.3 is 10.1 Å². The van der Waals surface area contributed by atoms with E-state index in [1.807, 2.05) is 13.0 Å². The molecular formula is C12H21NO2. The number of methoxy groups -OCH3 is 1. The first-order valence-electron chi connectivity index (χ1n) is 5.63. The van der Waals surface area contributed by atoms with Crippen molar-refractivity contribution in [3.8, 4) is 0 Å². The molecule has 1 fully saturated rings. The van der Waals surface area contributed by atoms with Crippen LogP contribution in [0.15, 0.2) is 11.6 Å². The molecule has 1 rings (SSSR count). The number of carbonyl (C=O) groups is 1. The maximum atomic E-state index is 11.3. The largest absolute Gasteiger partial charge is 0.466 e. The Kier molecular flexibility index (Phi) is 4.33. The monoisotopic (exact) mass is 211 g/mol. The molecule has 0 amide bonds. The summed E-state index contributed by atoms with van der Waals surface area (Å²) in [7, 11) is 1.42. The Balaban J connectivity index is 2.37. The number of hydrogen-bond donors (Lipinski definition) is 1. The third kappa shape index (κ3) is 3.34. The van der Waals surface area contributed by atoms with Crippen molar-refractivity contribution in [2.24, 2.45) is 0 Å². The molecule has 0 aromatic heterocycles. The van der Waals surface area contributed by atoms with Gasteiger partial charge >= 0.3 is 5.97 Å². The second-order valence-corrected chi connectivity index (χ2v) is 4.37. The fraction of sp³-hybridized carbons (Fsp3) is 0.750. The van der Waals surface area contributed by atoms with Gasteiger partial charge in [0.25, 0.3) is 0 Å². The topological polar surface area (TPSA) is 38.3 Å². The highest BCUT2D eigenvalue weighted by Crippen LogP contribution is 2.30. The van der Waals surface area contributed by atoms with Crippen LogP contribution in [0.3, 0.4) is 0 Å². The van der Waals surface area contributed by atoms with E-state index >= 15 is 0 Å². The maximum Gasteiger partial charge on any atom is 0.333 e. The zero-order valence-corrected chi connectivity index (χ0v) is 9.93. The molecule has 0 aliphatic heterocycles. The third-order valence-electron chi connectivity index (χ3n) is 3.16. The van der Waals surface area contributed by atoms with E-state index in [1.165, 1.54) is 26.4 Å². The van der Waals surface area contributed by atoms with E-state index < -0.39 is 0 Å². The van der Waals surface area contributed by atoms with E-state index in [0.717, 1.165) is 18.5 Å². The summed E-state index contributed by atoms with van der Waals surface area (Å²) in [4.78, 5) is 11.3. The van der Waals surface area contributed by atoms with Crippen molar-refractivity contribution in [2.45, 2.75) is 45.1 Å². The molecule has 0 aromatic rings. The van der Waals surface area contributed by atoms with Gasteiger partial charge in [-0.3, -0.25) is 0 Å². The minimum atomic E-state index is -0.210. The van der Waals surface area contributed by atoms with E-state index in [4.69, 9.17) is 4.74 Å². The summed E-state index contributed by atoms with van der Waals surface area (Å²) < 4.78 is 4.69. The number of nitrogens with one attached hydrogen (secondary N) is 1. The van der Waals surface area contributed by atoms with Crippen LogP contribution in [-0.4, -0.2) is 25.2 Å². The number of carbonyl (C=O) groups excluding carboxylic acids is 1. The van der Waals surface area contributed by atoms with Crippen molar-refractivity contribution in [1.82, 2.24) is 5.32 Å². The van der Waals surface area contributed by atoms with Gasteiger partial charge in [-0.2, -0.15) is 0 Å². The van der Waals surface area contributed by atoms with Gasteiger partial charge in [-0.05, 0) is 32.6 Å². The highest BCUT2D eigenvalue weighted by molar-refractivity contribution is 5.88. The van der Waals surface area contributed by atoms with Crippen molar-refractivity contribution in [2.75, 3.05) is 13.7 Å². The van der Waals surface area contributed by atoms with Crippen molar-refractivity contribution in [1.29, 1.82) is 0 Å². The number of rotatable bonds is 5. The summed E-state index contributed by atoms with van der Waals surface area (Å²) in [5, 5.41) is 3.46. The molecule has 1 aliphatic carbocycles. The average Bonchev–Trinajstić information content (AvgIpc) is 2.21.